The van der Waals surface area contributed by atoms with Gasteiger partial charge in [-0.05, 0) is 6.92 Å². The maximum absolute atomic E-state index is 11.0. The van der Waals surface area contributed by atoms with E-state index in [0.29, 0.717) is 19.5 Å². The predicted molar refractivity (Wildman–Crippen MR) is 52.4 cm³/mol. The van der Waals surface area contributed by atoms with Crippen molar-refractivity contribution in [3.05, 3.63) is 16.1 Å². The van der Waals surface area contributed by atoms with Crippen LogP contribution in [0.4, 0.5) is 0 Å². The minimum Gasteiger partial charge on any atom is -0.351 e. The normalized spacial score (nSPS) is 10.0. The van der Waals surface area contributed by atoms with Crippen LogP contribution in [0, 0.1) is 6.92 Å². The third-order valence-corrected chi connectivity index (χ3v) is 2.60. The lowest BCUT2D eigenvalue weighted by molar-refractivity contribution is -0.121. The van der Waals surface area contributed by atoms with Gasteiger partial charge in [-0.1, -0.05) is 0 Å². The Morgan fingerprint density at radius 1 is 1.77 bits per heavy atom. The molecular formula is C8H13N3OS. The smallest absolute Gasteiger partial charge is 0.221 e. The molecule has 1 heterocycles. The number of nitrogens with zero attached hydrogens (tertiary/aromatic N) is 1. The van der Waals surface area contributed by atoms with Crippen LogP contribution in [0.5, 0.6) is 0 Å². The van der Waals surface area contributed by atoms with Crippen molar-refractivity contribution in [1.29, 1.82) is 0 Å². The highest BCUT2D eigenvalue weighted by Crippen LogP contribution is 2.10. The first-order chi connectivity index (χ1) is 6.24. The van der Waals surface area contributed by atoms with E-state index in [1.807, 2.05) is 6.92 Å². The number of carbonyl (C=O) groups excluding carboxylic acids is 1. The first-order valence-electron chi connectivity index (χ1n) is 4.09. The molecule has 0 radical (unpaired) electrons. The fraction of sp³-hybridized carbons (Fsp3) is 0.500. The molecule has 1 amide bonds. The van der Waals surface area contributed by atoms with Crippen molar-refractivity contribution >= 4 is 17.2 Å². The summed E-state index contributed by atoms with van der Waals surface area (Å²) in [6.45, 7) is 2.89. The van der Waals surface area contributed by atoms with Crippen LogP contribution < -0.4 is 11.1 Å². The molecule has 0 saturated heterocycles. The number of rotatable bonds is 4. The van der Waals surface area contributed by atoms with E-state index < -0.39 is 0 Å². The van der Waals surface area contributed by atoms with Gasteiger partial charge in [0.05, 0.1) is 17.7 Å². The van der Waals surface area contributed by atoms with Crippen molar-refractivity contribution in [2.24, 2.45) is 5.73 Å². The first kappa shape index (κ1) is 10.1. The molecule has 0 aliphatic carbocycles. The number of carbonyl (C=O) groups is 1. The number of hydrogen-bond donors (Lipinski definition) is 2. The summed E-state index contributed by atoms with van der Waals surface area (Å²) in [6, 6.07) is 0. The molecule has 0 fully saturated rings. The number of aryl methyl sites for hydroxylation is 1. The maximum Gasteiger partial charge on any atom is 0.221 e. The summed E-state index contributed by atoms with van der Waals surface area (Å²) in [7, 11) is 0. The number of aromatic nitrogens is 1. The number of nitrogens with two attached hydrogens (primary N) is 1. The topological polar surface area (TPSA) is 68.0 Å². The summed E-state index contributed by atoms with van der Waals surface area (Å²) >= 11 is 1.55. The van der Waals surface area contributed by atoms with Gasteiger partial charge >= 0.3 is 0 Å². The highest BCUT2D eigenvalue weighted by molar-refractivity contribution is 7.09. The highest BCUT2D eigenvalue weighted by Gasteiger charge is 2.03. The molecule has 0 bridgehead atoms. The van der Waals surface area contributed by atoms with E-state index >= 15 is 0 Å². The zero-order chi connectivity index (χ0) is 9.68. The third kappa shape index (κ3) is 3.12. The molecule has 0 aromatic carbocycles. The molecule has 13 heavy (non-hydrogen) atoms. The second-order valence-electron chi connectivity index (χ2n) is 2.68. The molecule has 4 nitrogen and oxygen atoms in total. The van der Waals surface area contributed by atoms with E-state index in [1.165, 1.54) is 0 Å². The van der Waals surface area contributed by atoms with Crippen LogP contribution in [-0.4, -0.2) is 17.4 Å². The van der Waals surface area contributed by atoms with E-state index in [0.717, 1.165) is 10.6 Å². The van der Waals surface area contributed by atoms with Crippen molar-refractivity contribution in [2.75, 3.05) is 6.54 Å². The summed E-state index contributed by atoms with van der Waals surface area (Å²) in [5.74, 6) is -0.00435. The lowest BCUT2D eigenvalue weighted by atomic mass is 10.3. The van der Waals surface area contributed by atoms with Crippen molar-refractivity contribution in [1.82, 2.24) is 10.3 Å². The molecule has 0 spiro atoms. The molecule has 5 heteroatoms. The van der Waals surface area contributed by atoms with Crippen molar-refractivity contribution in [2.45, 2.75) is 19.9 Å². The molecule has 0 saturated carbocycles. The van der Waals surface area contributed by atoms with Gasteiger partial charge in [0.1, 0.15) is 0 Å². The molecule has 0 aliphatic rings. The third-order valence-electron chi connectivity index (χ3n) is 1.66. The summed E-state index contributed by atoms with van der Waals surface area (Å²) < 4.78 is 0. The molecule has 3 N–H and O–H groups in total. The van der Waals surface area contributed by atoms with Crippen LogP contribution in [-0.2, 0) is 11.3 Å². The minimum atomic E-state index is -0.00435. The Labute approximate surface area is 81.2 Å². The Hall–Kier alpha value is -0.940. The molecular weight excluding hydrogens is 186 g/mol. The number of nitrogens with one attached hydrogen (secondary N) is 1. The Bertz CT molecular complexity index is 285. The largest absolute Gasteiger partial charge is 0.351 e. The van der Waals surface area contributed by atoms with E-state index in [-0.39, 0.29) is 5.91 Å². The average Bonchev–Trinajstić information content (AvgIpc) is 2.48. The zero-order valence-electron chi connectivity index (χ0n) is 7.54. The van der Waals surface area contributed by atoms with E-state index in [2.05, 4.69) is 10.3 Å². The van der Waals surface area contributed by atoms with E-state index in [9.17, 15) is 4.79 Å². The molecule has 1 aromatic heterocycles. The molecule has 72 valence electrons. The monoisotopic (exact) mass is 199 g/mol. The van der Waals surface area contributed by atoms with Gasteiger partial charge in [0.15, 0.2) is 0 Å². The minimum absolute atomic E-state index is 0.00435. The van der Waals surface area contributed by atoms with Gasteiger partial charge in [-0.3, -0.25) is 4.79 Å². The number of thiazole rings is 1. The summed E-state index contributed by atoms with van der Waals surface area (Å²) in [5, 5.41) is 2.78. The highest BCUT2D eigenvalue weighted by atomic mass is 32.1. The van der Waals surface area contributed by atoms with Crippen LogP contribution in [0.25, 0.3) is 0 Å². The summed E-state index contributed by atoms with van der Waals surface area (Å²) in [4.78, 5) is 16.2. The van der Waals surface area contributed by atoms with Gasteiger partial charge < -0.3 is 11.1 Å². The van der Waals surface area contributed by atoms with Crippen LogP contribution >= 0.6 is 11.3 Å². The Kier molecular flexibility index (Phi) is 3.85. The van der Waals surface area contributed by atoms with Gasteiger partial charge in [0.25, 0.3) is 0 Å². The standard InChI is InChI=1S/C8H13N3OS/c1-6-7(13-5-11-6)4-10-8(12)2-3-9/h5H,2-4,9H2,1H3,(H,10,12). The number of amides is 1. The first-order valence-corrected chi connectivity index (χ1v) is 4.97. The zero-order valence-corrected chi connectivity index (χ0v) is 8.36. The SMILES string of the molecule is Cc1ncsc1CNC(=O)CCN. The van der Waals surface area contributed by atoms with Gasteiger partial charge in [0.2, 0.25) is 5.91 Å². The van der Waals surface area contributed by atoms with Crippen LogP contribution in [0.2, 0.25) is 0 Å². The lowest BCUT2D eigenvalue weighted by Gasteiger charge is -2.01. The molecule has 0 atom stereocenters. The Morgan fingerprint density at radius 2 is 2.54 bits per heavy atom. The fourth-order valence-corrected chi connectivity index (χ4v) is 1.61. The number of hydrogen-bond acceptors (Lipinski definition) is 4. The molecule has 1 aromatic rings. The van der Waals surface area contributed by atoms with Gasteiger partial charge in [0, 0.05) is 17.8 Å². The van der Waals surface area contributed by atoms with Gasteiger partial charge in [-0.25, -0.2) is 4.98 Å². The summed E-state index contributed by atoms with van der Waals surface area (Å²) in [6.07, 6.45) is 0.387. The van der Waals surface area contributed by atoms with E-state index in [4.69, 9.17) is 5.73 Å². The fourth-order valence-electron chi connectivity index (χ4n) is 0.894. The van der Waals surface area contributed by atoms with Crippen molar-refractivity contribution in [3.63, 3.8) is 0 Å². The van der Waals surface area contributed by atoms with Crippen molar-refractivity contribution < 1.29 is 4.79 Å². The van der Waals surface area contributed by atoms with E-state index in [1.54, 1.807) is 16.8 Å². The average molecular weight is 199 g/mol. The Balaban J connectivity index is 2.35. The molecule has 0 unspecified atom stereocenters. The maximum atomic E-state index is 11.0. The van der Waals surface area contributed by atoms with Crippen LogP contribution in [0.15, 0.2) is 5.51 Å². The second-order valence-corrected chi connectivity index (χ2v) is 3.62. The second kappa shape index (κ2) is 4.94. The molecule has 1 rings (SSSR count). The quantitative estimate of drug-likeness (QED) is 0.738. The lowest BCUT2D eigenvalue weighted by Crippen LogP contribution is -2.24. The van der Waals surface area contributed by atoms with Gasteiger partial charge in [-0.15, -0.1) is 11.3 Å². The van der Waals surface area contributed by atoms with Crippen LogP contribution in [0.3, 0.4) is 0 Å². The Morgan fingerprint density at radius 3 is 3.08 bits per heavy atom. The molecule has 0 aliphatic heterocycles. The van der Waals surface area contributed by atoms with Crippen LogP contribution in [0.1, 0.15) is 17.0 Å². The summed E-state index contributed by atoms with van der Waals surface area (Å²) in [5.41, 5.74) is 8.00. The van der Waals surface area contributed by atoms with Crippen molar-refractivity contribution in [3.8, 4) is 0 Å². The predicted octanol–water partition coefficient (Wildman–Crippen LogP) is 0.417. The van der Waals surface area contributed by atoms with Gasteiger partial charge in [-0.2, -0.15) is 0 Å².